The molecule has 2 heterocycles. The van der Waals surface area contributed by atoms with Crippen molar-refractivity contribution in [2.24, 2.45) is 0 Å². The predicted molar refractivity (Wildman–Crippen MR) is 82.4 cm³/mol. The Morgan fingerprint density at radius 2 is 1.91 bits per heavy atom. The summed E-state index contributed by atoms with van der Waals surface area (Å²) in [5.41, 5.74) is 11.6. The number of nitrogen functional groups attached to an aromatic ring is 2. The van der Waals surface area contributed by atoms with Gasteiger partial charge in [0.25, 0.3) is 0 Å². The standard InChI is InChI=1S/C15H11ClF2N4/c16-13(10-4-3-9(19)15(20)22-10)12-8(17)6-11-7(14(12)18)2-1-5-21-11/h1-6,13H,19H2,(H2,20,22). The molecule has 0 fully saturated rings. The zero-order chi connectivity index (χ0) is 15.9. The number of hydrogen-bond acceptors (Lipinski definition) is 4. The van der Waals surface area contributed by atoms with Crippen LogP contribution in [0.5, 0.6) is 0 Å². The fraction of sp³-hybridized carbons (Fsp3) is 0.0667. The van der Waals surface area contributed by atoms with Crippen LogP contribution in [0.25, 0.3) is 10.9 Å². The minimum Gasteiger partial charge on any atom is -0.396 e. The average molecular weight is 321 g/mol. The molecule has 1 unspecified atom stereocenters. The van der Waals surface area contributed by atoms with E-state index in [-0.39, 0.29) is 33.7 Å². The first kappa shape index (κ1) is 14.5. The Kier molecular flexibility index (Phi) is 3.54. The van der Waals surface area contributed by atoms with Crippen LogP contribution >= 0.6 is 11.6 Å². The maximum atomic E-state index is 14.6. The average Bonchev–Trinajstić information content (AvgIpc) is 2.50. The normalized spacial score (nSPS) is 12.5. The lowest BCUT2D eigenvalue weighted by molar-refractivity contribution is 0.566. The molecule has 4 N–H and O–H groups in total. The maximum Gasteiger partial charge on any atom is 0.146 e. The minimum absolute atomic E-state index is 0.0615. The van der Waals surface area contributed by atoms with Crippen LogP contribution in [0.4, 0.5) is 20.3 Å². The van der Waals surface area contributed by atoms with Crippen LogP contribution in [-0.2, 0) is 0 Å². The first-order valence-corrected chi connectivity index (χ1v) is 6.81. The third kappa shape index (κ3) is 2.31. The van der Waals surface area contributed by atoms with E-state index >= 15 is 0 Å². The lowest BCUT2D eigenvalue weighted by atomic mass is 10.0. The molecule has 112 valence electrons. The van der Waals surface area contributed by atoms with E-state index in [0.717, 1.165) is 6.07 Å². The molecule has 2 aromatic heterocycles. The zero-order valence-electron chi connectivity index (χ0n) is 11.2. The molecule has 0 saturated heterocycles. The van der Waals surface area contributed by atoms with E-state index in [4.69, 9.17) is 23.1 Å². The number of nitrogens with zero attached hydrogens (tertiary/aromatic N) is 2. The molecule has 0 aliphatic carbocycles. The second-order valence-electron chi connectivity index (χ2n) is 4.73. The van der Waals surface area contributed by atoms with Gasteiger partial charge in [-0.25, -0.2) is 13.8 Å². The Morgan fingerprint density at radius 3 is 2.64 bits per heavy atom. The van der Waals surface area contributed by atoms with Gasteiger partial charge in [0, 0.05) is 23.2 Å². The Bertz CT molecular complexity index is 870. The van der Waals surface area contributed by atoms with Crippen LogP contribution in [-0.4, -0.2) is 9.97 Å². The monoisotopic (exact) mass is 320 g/mol. The number of nitrogens with two attached hydrogens (primary N) is 2. The van der Waals surface area contributed by atoms with Gasteiger partial charge >= 0.3 is 0 Å². The minimum atomic E-state index is -1.13. The first-order valence-electron chi connectivity index (χ1n) is 6.37. The summed E-state index contributed by atoms with van der Waals surface area (Å²) in [6.07, 6.45) is 1.46. The number of benzene rings is 1. The fourth-order valence-corrected chi connectivity index (χ4v) is 2.51. The van der Waals surface area contributed by atoms with E-state index in [1.807, 2.05) is 0 Å². The number of anilines is 2. The highest BCUT2D eigenvalue weighted by atomic mass is 35.5. The molecular weight excluding hydrogens is 310 g/mol. The summed E-state index contributed by atoms with van der Waals surface area (Å²) in [6.45, 7) is 0. The van der Waals surface area contributed by atoms with Crippen molar-refractivity contribution in [1.82, 2.24) is 9.97 Å². The van der Waals surface area contributed by atoms with Crippen molar-refractivity contribution in [1.29, 1.82) is 0 Å². The summed E-state index contributed by atoms with van der Waals surface area (Å²) in [4.78, 5) is 7.91. The van der Waals surface area contributed by atoms with E-state index in [9.17, 15) is 8.78 Å². The Balaban J connectivity index is 2.18. The van der Waals surface area contributed by atoms with Crippen molar-refractivity contribution in [3.05, 3.63) is 59.4 Å². The zero-order valence-corrected chi connectivity index (χ0v) is 12.0. The molecule has 0 radical (unpaired) electrons. The molecule has 0 bridgehead atoms. The fourth-order valence-electron chi connectivity index (χ4n) is 2.19. The van der Waals surface area contributed by atoms with Crippen molar-refractivity contribution in [2.75, 3.05) is 11.5 Å². The lowest BCUT2D eigenvalue weighted by Crippen LogP contribution is -2.07. The van der Waals surface area contributed by atoms with Gasteiger partial charge in [0.05, 0.1) is 16.9 Å². The van der Waals surface area contributed by atoms with Crippen molar-refractivity contribution in [2.45, 2.75) is 5.38 Å². The molecule has 4 nitrogen and oxygen atoms in total. The van der Waals surface area contributed by atoms with E-state index in [1.54, 1.807) is 6.07 Å². The predicted octanol–water partition coefficient (Wildman–Crippen LogP) is 3.40. The van der Waals surface area contributed by atoms with Crippen LogP contribution in [0.15, 0.2) is 36.5 Å². The summed E-state index contributed by atoms with van der Waals surface area (Å²) in [5, 5.41) is -0.944. The summed E-state index contributed by atoms with van der Waals surface area (Å²) in [6, 6.07) is 7.19. The summed E-state index contributed by atoms with van der Waals surface area (Å²) in [7, 11) is 0. The van der Waals surface area contributed by atoms with Gasteiger partial charge in [0.15, 0.2) is 0 Å². The quantitative estimate of drug-likeness (QED) is 0.709. The highest BCUT2D eigenvalue weighted by Gasteiger charge is 2.24. The molecule has 0 saturated carbocycles. The highest BCUT2D eigenvalue weighted by Crippen LogP contribution is 2.35. The topological polar surface area (TPSA) is 77.8 Å². The Hall–Kier alpha value is -2.47. The number of aromatic nitrogens is 2. The van der Waals surface area contributed by atoms with E-state index in [2.05, 4.69) is 9.97 Å². The molecule has 1 atom stereocenters. The molecule has 0 spiro atoms. The van der Waals surface area contributed by atoms with Crippen LogP contribution < -0.4 is 11.5 Å². The molecule has 1 aromatic carbocycles. The van der Waals surface area contributed by atoms with Gasteiger partial charge < -0.3 is 11.5 Å². The molecule has 0 aliphatic heterocycles. The van der Waals surface area contributed by atoms with Crippen LogP contribution in [0.1, 0.15) is 16.6 Å². The summed E-state index contributed by atoms with van der Waals surface area (Å²) in [5.74, 6) is -1.49. The van der Waals surface area contributed by atoms with Crippen molar-refractivity contribution in [3.63, 3.8) is 0 Å². The maximum absolute atomic E-state index is 14.6. The van der Waals surface area contributed by atoms with Crippen molar-refractivity contribution >= 4 is 34.0 Å². The molecule has 3 aromatic rings. The van der Waals surface area contributed by atoms with Gasteiger partial charge in [-0.3, -0.25) is 4.98 Å². The molecule has 7 heteroatoms. The summed E-state index contributed by atoms with van der Waals surface area (Å²) < 4.78 is 28.8. The van der Waals surface area contributed by atoms with Gasteiger partial charge in [-0.2, -0.15) is 0 Å². The summed E-state index contributed by atoms with van der Waals surface area (Å²) >= 11 is 6.21. The van der Waals surface area contributed by atoms with Gasteiger partial charge in [0.1, 0.15) is 22.8 Å². The number of hydrogen-bond donors (Lipinski definition) is 2. The second kappa shape index (κ2) is 5.38. The SMILES string of the molecule is Nc1ccc(C(Cl)c2c(F)cc3ncccc3c2F)nc1N. The third-order valence-electron chi connectivity index (χ3n) is 3.32. The molecule has 0 aliphatic rings. The smallest absolute Gasteiger partial charge is 0.146 e. The Morgan fingerprint density at radius 1 is 1.14 bits per heavy atom. The number of alkyl halides is 1. The second-order valence-corrected chi connectivity index (χ2v) is 5.17. The van der Waals surface area contributed by atoms with Gasteiger partial charge in [0.2, 0.25) is 0 Å². The van der Waals surface area contributed by atoms with Crippen LogP contribution in [0.2, 0.25) is 0 Å². The van der Waals surface area contributed by atoms with Crippen molar-refractivity contribution < 1.29 is 8.78 Å². The molecule has 0 amide bonds. The Labute approximate surface area is 129 Å². The van der Waals surface area contributed by atoms with Gasteiger partial charge in [-0.1, -0.05) is 0 Å². The number of pyridine rings is 2. The van der Waals surface area contributed by atoms with Crippen LogP contribution in [0, 0.1) is 11.6 Å². The first-order chi connectivity index (χ1) is 10.5. The van der Waals surface area contributed by atoms with E-state index < -0.39 is 17.0 Å². The van der Waals surface area contributed by atoms with E-state index in [0.29, 0.717) is 0 Å². The molecule has 22 heavy (non-hydrogen) atoms. The van der Waals surface area contributed by atoms with Gasteiger partial charge in [-0.15, -0.1) is 11.6 Å². The number of halogens is 3. The molecule has 3 rings (SSSR count). The lowest BCUT2D eigenvalue weighted by Gasteiger charge is -2.14. The largest absolute Gasteiger partial charge is 0.396 e. The number of rotatable bonds is 2. The highest BCUT2D eigenvalue weighted by molar-refractivity contribution is 6.22. The molecular formula is C15H11ClF2N4. The number of fused-ring (bicyclic) bond motifs is 1. The van der Waals surface area contributed by atoms with Crippen molar-refractivity contribution in [3.8, 4) is 0 Å². The van der Waals surface area contributed by atoms with E-state index in [1.165, 1.54) is 24.4 Å². The van der Waals surface area contributed by atoms with Crippen LogP contribution in [0.3, 0.4) is 0 Å². The third-order valence-corrected chi connectivity index (χ3v) is 3.77. The van der Waals surface area contributed by atoms with Gasteiger partial charge in [-0.05, 0) is 24.3 Å².